The predicted molar refractivity (Wildman–Crippen MR) is 259 cm³/mol. The van der Waals surface area contributed by atoms with E-state index in [0.717, 1.165) is 83.5 Å². The van der Waals surface area contributed by atoms with Crippen molar-refractivity contribution in [2.24, 2.45) is 0 Å². The molecule has 0 aliphatic rings. The molecule has 0 spiro atoms. The number of ether oxygens (including phenoxy) is 1. The maximum Gasteiger partial charge on any atom is 0.306 e. The number of carbonyl (C=O) groups is 2. The summed E-state index contributed by atoms with van der Waals surface area (Å²) in [6.45, 7) is 6.33. The third kappa shape index (κ3) is 42.3. The van der Waals surface area contributed by atoms with E-state index in [-0.39, 0.29) is 24.9 Å². The van der Waals surface area contributed by atoms with E-state index in [1.165, 1.54) is 116 Å². The quantitative estimate of drug-likeness (QED) is 0.0246. The molecule has 0 heterocycles. The van der Waals surface area contributed by atoms with Crippen LogP contribution >= 0.6 is 0 Å². The molecule has 3 N–H and O–H groups in total. The molecule has 6 nitrogen and oxygen atoms in total. The van der Waals surface area contributed by atoms with Crippen LogP contribution in [0.15, 0.2) is 60.8 Å². The summed E-state index contributed by atoms with van der Waals surface area (Å²) in [6, 6.07) is -0.715. The smallest absolute Gasteiger partial charge is 0.306 e. The van der Waals surface area contributed by atoms with Crippen molar-refractivity contribution in [1.82, 2.24) is 5.32 Å². The number of amides is 1. The molecule has 0 bridgehead atoms. The van der Waals surface area contributed by atoms with Gasteiger partial charge >= 0.3 is 5.97 Å². The summed E-state index contributed by atoms with van der Waals surface area (Å²) < 4.78 is 5.90. The van der Waals surface area contributed by atoms with E-state index in [4.69, 9.17) is 4.74 Å². The molecule has 0 aliphatic heterocycles. The van der Waals surface area contributed by atoms with Gasteiger partial charge in [0.15, 0.2) is 0 Å². The molecule has 0 aromatic rings. The van der Waals surface area contributed by atoms with Crippen LogP contribution < -0.4 is 5.32 Å². The highest BCUT2D eigenvalue weighted by Gasteiger charge is 2.24. The number of aliphatic hydroxyl groups excluding tert-OH is 2. The van der Waals surface area contributed by atoms with E-state index >= 15 is 0 Å². The summed E-state index contributed by atoms with van der Waals surface area (Å²) in [5, 5.41) is 23.8. The minimum absolute atomic E-state index is 0.0459. The molecule has 0 aromatic carbocycles. The van der Waals surface area contributed by atoms with Gasteiger partial charge in [-0.25, -0.2) is 0 Å². The third-order valence-electron chi connectivity index (χ3n) is 11.4. The summed E-state index contributed by atoms with van der Waals surface area (Å²) in [7, 11) is 0. The van der Waals surface area contributed by atoms with E-state index in [1.807, 2.05) is 18.2 Å². The molecule has 0 radical (unpaired) electrons. The number of unbranched alkanes of at least 4 members (excludes halogenated alkanes) is 26. The number of carbonyl (C=O) groups excluding carboxylic acids is 2. The van der Waals surface area contributed by atoms with Crippen LogP contribution in [0.5, 0.6) is 0 Å². The molecule has 0 saturated heterocycles. The maximum absolute atomic E-state index is 13.2. The molecule has 0 rings (SSSR count). The van der Waals surface area contributed by atoms with Crippen molar-refractivity contribution in [2.45, 2.75) is 264 Å². The molecule has 1 amide bonds. The van der Waals surface area contributed by atoms with Gasteiger partial charge in [0.2, 0.25) is 5.91 Å². The van der Waals surface area contributed by atoms with Crippen molar-refractivity contribution >= 4 is 11.9 Å². The topological polar surface area (TPSA) is 95.9 Å². The van der Waals surface area contributed by atoms with Crippen LogP contribution in [-0.2, 0) is 14.3 Å². The summed E-state index contributed by atoms with van der Waals surface area (Å²) in [5.41, 5.74) is 0. The molecular weight excluding hydrogens is 743 g/mol. The molecule has 3 unspecified atom stereocenters. The zero-order valence-corrected chi connectivity index (χ0v) is 39.6. The fourth-order valence-corrected chi connectivity index (χ4v) is 7.56. The zero-order valence-electron chi connectivity index (χ0n) is 39.6. The first-order valence-electron chi connectivity index (χ1n) is 25.6. The zero-order chi connectivity index (χ0) is 43.8. The highest BCUT2D eigenvalue weighted by molar-refractivity contribution is 5.77. The SMILES string of the molecule is CC/C=C/C=C/C=C/C=C\CCCCCCCC(=O)OC(CCC/C=C\CCCCCCCC)CC(=O)NC(CO)C(O)CCCCCCCCCCCCCCCCC. The molecule has 6 heteroatoms. The second-order valence-electron chi connectivity index (χ2n) is 17.3. The van der Waals surface area contributed by atoms with E-state index in [1.54, 1.807) is 0 Å². The molecule has 0 aromatic heterocycles. The van der Waals surface area contributed by atoms with E-state index in [2.05, 4.69) is 68.6 Å². The van der Waals surface area contributed by atoms with E-state index in [0.29, 0.717) is 19.3 Å². The van der Waals surface area contributed by atoms with Crippen LogP contribution in [0.4, 0.5) is 0 Å². The summed E-state index contributed by atoms with van der Waals surface area (Å²) >= 11 is 0. The van der Waals surface area contributed by atoms with Gasteiger partial charge < -0.3 is 20.3 Å². The van der Waals surface area contributed by atoms with Gasteiger partial charge in [-0.3, -0.25) is 9.59 Å². The van der Waals surface area contributed by atoms with Crippen LogP contribution in [0.2, 0.25) is 0 Å². The fraction of sp³-hybridized carbons (Fsp3) is 0.778. The maximum atomic E-state index is 13.2. The summed E-state index contributed by atoms with van der Waals surface area (Å²) in [5.74, 6) is -0.529. The average molecular weight is 840 g/mol. The lowest BCUT2D eigenvalue weighted by Gasteiger charge is -2.24. The first kappa shape index (κ1) is 57.6. The Morgan fingerprint density at radius 1 is 0.500 bits per heavy atom. The van der Waals surface area contributed by atoms with Gasteiger partial charge in [-0.05, 0) is 64.2 Å². The van der Waals surface area contributed by atoms with Crippen LogP contribution in [-0.4, -0.2) is 46.9 Å². The highest BCUT2D eigenvalue weighted by atomic mass is 16.5. The Morgan fingerprint density at radius 3 is 1.45 bits per heavy atom. The molecule has 0 saturated carbocycles. The Morgan fingerprint density at radius 2 is 0.933 bits per heavy atom. The predicted octanol–water partition coefficient (Wildman–Crippen LogP) is 15.2. The minimum atomic E-state index is -0.799. The van der Waals surface area contributed by atoms with Gasteiger partial charge in [0, 0.05) is 6.42 Å². The number of aliphatic hydroxyl groups is 2. The average Bonchev–Trinajstić information content (AvgIpc) is 3.24. The first-order chi connectivity index (χ1) is 29.5. The summed E-state index contributed by atoms with van der Waals surface area (Å²) in [4.78, 5) is 26.1. The first-order valence-corrected chi connectivity index (χ1v) is 25.6. The molecule has 3 atom stereocenters. The van der Waals surface area contributed by atoms with Gasteiger partial charge in [-0.1, -0.05) is 229 Å². The lowest BCUT2D eigenvalue weighted by Crippen LogP contribution is -2.46. The Hall–Kier alpha value is -2.44. The third-order valence-corrected chi connectivity index (χ3v) is 11.4. The number of hydrogen-bond acceptors (Lipinski definition) is 5. The normalized spacial score (nSPS) is 13.8. The van der Waals surface area contributed by atoms with E-state index < -0.39 is 18.2 Å². The van der Waals surface area contributed by atoms with Crippen molar-refractivity contribution in [2.75, 3.05) is 6.61 Å². The largest absolute Gasteiger partial charge is 0.462 e. The minimum Gasteiger partial charge on any atom is -0.462 e. The van der Waals surface area contributed by atoms with Gasteiger partial charge in [-0.2, -0.15) is 0 Å². The Balaban J connectivity index is 4.58. The van der Waals surface area contributed by atoms with Crippen molar-refractivity contribution in [3.63, 3.8) is 0 Å². The van der Waals surface area contributed by atoms with Crippen LogP contribution in [0, 0.1) is 0 Å². The van der Waals surface area contributed by atoms with Crippen molar-refractivity contribution in [3.05, 3.63) is 60.8 Å². The summed E-state index contributed by atoms with van der Waals surface area (Å²) in [6.07, 6.45) is 58.5. The Labute approximate surface area is 371 Å². The van der Waals surface area contributed by atoms with Crippen LogP contribution in [0.25, 0.3) is 0 Å². The van der Waals surface area contributed by atoms with Gasteiger partial charge in [0.05, 0.1) is 25.2 Å². The molecule has 60 heavy (non-hydrogen) atoms. The lowest BCUT2D eigenvalue weighted by molar-refractivity contribution is -0.151. The van der Waals surface area contributed by atoms with Crippen molar-refractivity contribution in [1.29, 1.82) is 0 Å². The number of nitrogens with one attached hydrogen (secondary N) is 1. The molecule has 0 aliphatic carbocycles. The molecule has 0 fully saturated rings. The van der Waals surface area contributed by atoms with Gasteiger partial charge in [0.1, 0.15) is 6.10 Å². The molecule has 348 valence electrons. The van der Waals surface area contributed by atoms with Crippen LogP contribution in [0.3, 0.4) is 0 Å². The van der Waals surface area contributed by atoms with Gasteiger partial charge in [0.25, 0.3) is 0 Å². The number of hydrogen-bond donors (Lipinski definition) is 3. The van der Waals surface area contributed by atoms with Crippen molar-refractivity contribution in [3.8, 4) is 0 Å². The second-order valence-corrected chi connectivity index (χ2v) is 17.3. The Kier molecular flexibility index (Phi) is 45.7. The fourth-order valence-electron chi connectivity index (χ4n) is 7.56. The number of rotatable bonds is 45. The molecular formula is C54H97NO5. The monoisotopic (exact) mass is 840 g/mol. The number of allylic oxidation sites excluding steroid dienone is 10. The van der Waals surface area contributed by atoms with E-state index in [9.17, 15) is 19.8 Å². The second kappa shape index (κ2) is 47.6. The van der Waals surface area contributed by atoms with Gasteiger partial charge in [-0.15, -0.1) is 0 Å². The number of esters is 1. The standard InChI is InChI=1S/C54H97NO5/c1-4-7-10-13-16-19-22-24-26-28-31-34-37-40-43-46-52(57)51(49-56)55-53(58)48-50(45-42-39-36-33-30-21-18-15-12-9-6-3)60-54(59)47-44-41-38-35-32-29-27-25-23-20-17-14-11-8-5-2/h8,11,14,17,20,23,25,27,33,36,50-52,56-57H,4-7,9-10,12-13,15-16,18-19,21-22,24,26,28-32,34-35,37-49H2,1-3H3,(H,55,58)/b11-8+,17-14+,23-20+,27-25-,36-33-. The highest BCUT2D eigenvalue weighted by Crippen LogP contribution is 2.17. The lowest BCUT2D eigenvalue weighted by atomic mass is 10.0. The van der Waals surface area contributed by atoms with Crippen LogP contribution in [0.1, 0.15) is 245 Å². The Bertz CT molecular complexity index is 1080. The van der Waals surface area contributed by atoms with Crippen molar-refractivity contribution < 1.29 is 24.5 Å².